The van der Waals surface area contributed by atoms with Gasteiger partial charge in [0.1, 0.15) is 5.66 Å². The number of hydrogen-bond acceptors (Lipinski definition) is 5. The molecule has 0 amide bonds. The van der Waals surface area contributed by atoms with Gasteiger partial charge in [-0.15, -0.1) is 11.8 Å². The van der Waals surface area contributed by atoms with Crippen molar-refractivity contribution in [1.29, 1.82) is 0 Å². The normalized spacial score (nSPS) is 52.2. The summed E-state index contributed by atoms with van der Waals surface area (Å²) in [5.74, 6) is 2.02. The van der Waals surface area contributed by atoms with Gasteiger partial charge in [-0.25, -0.2) is 0 Å². The zero-order chi connectivity index (χ0) is 13.2. The van der Waals surface area contributed by atoms with Gasteiger partial charge in [0.2, 0.25) is 0 Å². The van der Waals surface area contributed by atoms with Crippen LogP contribution in [0.25, 0.3) is 0 Å². The molecule has 0 aromatic heterocycles. The molecule has 20 heavy (non-hydrogen) atoms. The number of nitrogens with zero attached hydrogens (tertiary/aromatic N) is 2. The van der Waals surface area contributed by atoms with Gasteiger partial charge in [0.25, 0.3) is 0 Å². The van der Waals surface area contributed by atoms with Crippen molar-refractivity contribution in [2.24, 2.45) is 5.92 Å². The molecule has 5 aliphatic heterocycles. The third-order valence-corrected chi connectivity index (χ3v) is 7.40. The predicted octanol–water partition coefficient (Wildman–Crippen LogP) is 1.36. The van der Waals surface area contributed by atoms with Crippen LogP contribution in [0.4, 0.5) is 0 Å². The zero-order valence-corrected chi connectivity index (χ0v) is 12.8. The summed E-state index contributed by atoms with van der Waals surface area (Å²) in [4.78, 5) is 5.57. The first-order valence-electron chi connectivity index (χ1n) is 8.27. The topological polar surface area (TPSA) is 28.2 Å². The maximum Gasteiger partial charge on any atom is 0.107 e. The Morgan fingerprint density at radius 2 is 1.85 bits per heavy atom. The first-order chi connectivity index (χ1) is 9.90. The molecule has 5 atom stereocenters. The molecular weight excluding hydrogens is 272 g/mol. The molecule has 0 aliphatic carbocycles. The number of epoxide rings is 1. The van der Waals surface area contributed by atoms with E-state index in [9.17, 15) is 0 Å². The zero-order valence-electron chi connectivity index (χ0n) is 12.0. The molecule has 0 bridgehead atoms. The van der Waals surface area contributed by atoms with Crippen molar-refractivity contribution in [3.63, 3.8) is 0 Å². The van der Waals surface area contributed by atoms with Crippen LogP contribution in [0.15, 0.2) is 0 Å². The Labute approximate surface area is 125 Å². The van der Waals surface area contributed by atoms with Crippen LogP contribution in [-0.2, 0) is 9.47 Å². The van der Waals surface area contributed by atoms with E-state index in [1.165, 1.54) is 51.1 Å². The molecule has 0 N–H and O–H groups in total. The summed E-state index contributed by atoms with van der Waals surface area (Å²) in [5, 5.41) is 0.739. The fourth-order valence-electron chi connectivity index (χ4n) is 4.76. The Hall–Kier alpha value is 0.190. The summed E-state index contributed by atoms with van der Waals surface area (Å²) >= 11 is 2.15. The smallest absolute Gasteiger partial charge is 0.107 e. The van der Waals surface area contributed by atoms with Crippen LogP contribution < -0.4 is 0 Å². The van der Waals surface area contributed by atoms with Crippen LogP contribution in [-0.4, -0.2) is 71.6 Å². The fourth-order valence-corrected chi connectivity index (χ4v) is 5.66. The van der Waals surface area contributed by atoms with Crippen molar-refractivity contribution in [3.05, 3.63) is 0 Å². The molecule has 5 heterocycles. The van der Waals surface area contributed by atoms with E-state index in [1.807, 2.05) is 0 Å². The minimum absolute atomic E-state index is 0.176. The van der Waals surface area contributed by atoms with Crippen LogP contribution >= 0.6 is 11.8 Å². The quantitative estimate of drug-likeness (QED) is 0.731. The van der Waals surface area contributed by atoms with Crippen LogP contribution in [0.3, 0.4) is 0 Å². The van der Waals surface area contributed by atoms with Gasteiger partial charge in [-0.1, -0.05) is 0 Å². The van der Waals surface area contributed by atoms with Crippen molar-refractivity contribution in [2.45, 2.75) is 48.9 Å². The maximum absolute atomic E-state index is 6.08. The Bertz CT molecular complexity index is 377. The summed E-state index contributed by atoms with van der Waals surface area (Å²) in [6, 6.07) is 0. The number of likely N-dealkylation sites (tertiary alicyclic amines) is 2. The van der Waals surface area contributed by atoms with Gasteiger partial charge in [0, 0.05) is 38.6 Å². The highest BCUT2D eigenvalue weighted by Crippen LogP contribution is 2.54. The highest BCUT2D eigenvalue weighted by molar-refractivity contribution is 8.01. The molecule has 0 saturated carbocycles. The van der Waals surface area contributed by atoms with Gasteiger partial charge in [0.15, 0.2) is 0 Å². The van der Waals surface area contributed by atoms with E-state index < -0.39 is 0 Å². The van der Waals surface area contributed by atoms with E-state index >= 15 is 0 Å². The maximum atomic E-state index is 6.08. The third-order valence-electron chi connectivity index (χ3n) is 6.05. The molecule has 5 saturated heterocycles. The lowest BCUT2D eigenvalue weighted by molar-refractivity contribution is -0.227. The van der Waals surface area contributed by atoms with Crippen molar-refractivity contribution in [3.8, 4) is 0 Å². The molecule has 5 unspecified atom stereocenters. The Morgan fingerprint density at radius 3 is 2.30 bits per heavy atom. The molecule has 0 spiro atoms. The second kappa shape index (κ2) is 4.59. The Kier molecular flexibility index (Phi) is 2.92. The fraction of sp³-hybridized carbons (Fsp3) is 1.00. The molecule has 5 fully saturated rings. The molecule has 5 rings (SSSR count). The van der Waals surface area contributed by atoms with Crippen LogP contribution in [0.2, 0.25) is 0 Å². The largest absolute Gasteiger partial charge is 0.375 e. The van der Waals surface area contributed by atoms with Gasteiger partial charge >= 0.3 is 0 Å². The molecular formula is C15H24N2O2S. The molecule has 0 aromatic carbocycles. The number of rotatable bonds is 4. The molecule has 5 aliphatic rings. The van der Waals surface area contributed by atoms with E-state index in [0.717, 1.165) is 18.6 Å². The van der Waals surface area contributed by atoms with Gasteiger partial charge in [-0.2, -0.15) is 0 Å². The van der Waals surface area contributed by atoms with E-state index in [0.29, 0.717) is 18.1 Å². The second-order valence-corrected chi connectivity index (χ2v) is 8.13. The first-order valence-corrected chi connectivity index (χ1v) is 9.32. The molecule has 5 heteroatoms. The summed E-state index contributed by atoms with van der Waals surface area (Å²) < 4.78 is 11.8. The standard InChI is InChI=1S/C15H24N2O2S/c1-5-16(6-1)15(13-3-8-18-13)11(12-10-19-12)2-7-17(15)14-4-9-20-14/h11-14H,1-10H2. The molecule has 0 radical (unpaired) electrons. The minimum Gasteiger partial charge on any atom is -0.375 e. The monoisotopic (exact) mass is 296 g/mol. The lowest BCUT2D eigenvalue weighted by Gasteiger charge is -2.61. The van der Waals surface area contributed by atoms with E-state index in [2.05, 4.69) is 21.6 Å². The summed E-state index contributed by atoms with van der Waals surface area (Å²) in [7, 11) is 0. The highest BCUT2D eigenvalue weighted by atomic mass is 32.2. The highest BCUT2D eigenvalue weighted by Gasteiger charge is 2.65. The lowest BCUT2D eigenvalue weighted by Crippen LogP contribution is -2.75. The number of ether oxygens (including phenoxy) is 2. The average molecular weight is 296 g/mol. The Morgan fingerprint density at radius 1 is 1.05 bits per heavy atom. The van der Waals surface area contributed by atoms with Crippen LogP contribution in [0, 0.1) is 5.92 Å². The molecule has 0 aromatic rings. The average Bonchev–Trinajstić information content (AvgIpc) is 2.99. The third kappa shape index (κ3) is 1.59. The molecule has 112 valence electrons. The molecule has 4 nitrogen and oxygen atoms in total. The van der Waals surface area contributed by atoms with Crippen molar-refractivity contribution < 1.29 is 9.47 Å². The predicted molar refractivity (Wildman–Crippen MR) is 78.7 cm³/mol. The van der Waals surface area contributed by atoms with Gasteiger partial charge in [-0.3, -0.25) is 9.80 Å². The SMILES string of the molecule is C1CN(C2(C3CCO3)C(C3CO3)CCN2C2CCS2)C1. The number of thioether (sulfide) groups is 1. The number of hydrogen-bond donors (Lipinski definition) is 0. The van der Waals surface area contributed by atoms with E-state index in [-0.39, 0.29) is 5.66 Å². The van der Waals surface area contributed by atoms with Gasteiger partial charge in [-0.05, 0) is 25.0 Å². The van der Waals surface area contributed by atoms with E-state index in [1.54, 1.807) is 0 Å². The summed E-state index contributed by atoms with van der Waals surface area (Å²) in [5.41, 5.74) is 0.176. The lowest BCUT2D eigenvalue weighted by atomic mass is 9.79. The Balaban J connectivity index is 1.53. The van der Waals surface area contributed by atoms with E-state index in [4.69, 9.17) is 9.47 Å². The van der Waals surface area contributed by atoms with Gasteiger partial charge < -0.3 is 9.47 Å². The summed E-state index contributed by atoms with van der Waals surface area (Å²) in [6.45, 7) is 5.72. The van der Waals surface area contributed by atoms with Crippen molar-refractivity contribution >= 4 is 11.8 Å². The van der Waals surface area contributed by atoms with Crippen molar-refractivity contribution in [1.82, 2.24) is 9.80 Å². The van der Waals surface area contributed by atoms with Crippen molar-refractivity contribution in [2.75, 3.05) is 38.6 Å². The second-order valence-electron chi connectivity index (χ2n) is 6.85. The first kappa shape index (κ1) is 12.7. The minimum atomic E-state index is 0.176. The van der Waals surface area contributed by atoms with Gasteiger partial charge in [0.05, 0.1) is 24.2 Å². The van der Waals surface area contributed by atoms with Crippen LogP contribution in [0.5, 0.6) is 0 Å². The summed E-state index contributed by atoms with van der Waals surface area (Å²) in [6.07, 6.45) is 6.21. The van der Waals surface area contributed by atoms with Crippen LogP contribution in [0.1, 0.15) is 25.7 Å².